The first kappa shape index (κ1) is 24.8. The Balaban J connectivity index is 1.32. The van der Waals surface area contributed by atoms with Gasteiger partial charge in [0.05, 0.1) is 0 Å². The third kappa shape index (κ3) is 4.98. The van der Waals surface area contributed by atoms with E-state index < -0.39 is 0 Å². The maximum atomic E-state index is 13.5. The molecular weight excluding hydrogens is 498 g/mol. The molecule has 1 saturated heterocycles. The fourth-order valence-electron chi connectivity index (χ4n) is 5.59. The average Bonchev–Trinajstić information content (AvgIpc) is 3.29. The van der Waals surface area contributed by atoms with Crippen molar-refractivity contribution in [1.82, 2.24) is 14.8 Å². The number of amides is 1. The topological polar surface area (TPSA) is 57.8 Å². The third-order valence-electron chi connectivity index (χ3n) is 7.71. The van der Waals surface area contributed by atoms with Crippen molar-refractivity contribution in [2.45, 2.75) is 38.3 Å². The lowest BCUT2D eigenvalue weighted by molar-refractivity contribution is 0.114. The molecule has 0 aliphatic carbocycles. The molecule has 6 rings (SSSR count). The molecule has 2 aliphatic rings. The van der Waals surface area contributed by atoms with Crippen molar-refractivity contribution in [2.75, 3.05) is 26.7 Å². The Hall–Kier alpha value is -3.48. The van der Waals surface area contributed by atoms with Crippen LogP contribution in [0.4, 0.5) is 4.79 Å². The van der Waals surface area contributed by atoms with Crippen LogP contribution in [-0.2, 0) is 6.42 Å². The molecule has 1 fully saturated rings. The minimum absolute atomic E-state index is 0.234. The summed E-state index contributed by atoms with van der Waals surface area (Å²) in [5.41, 5.74) is 5.32. The summed E-state index contributed by atoms with van der Waals surface area (Å²) in [7, 11) is 2.15. The zero-order valence-electron chi connectivity index (χ0n) is 21.7. The number of nitrogens with zero attached hydrogens (tertiary/aromatic N) is 2. The first-order valence-corrected chi connectivity index (χ1v) is 13.6. The number of ether oxygens (including phenoxy) is 2. The summed E-state index contributed by atoms with van der Waals surface area (Å²) in [5, 5.41) is 1.80. The first-order valence-electron chi connectivity index (χ1n) is 13.2. The fourth-order valence-corrected chi connectivity index (χ4v) is 5.77. The van der Waals surface area contributed by atoms with E-state index in [9.17, 15) is 4.79 Å². The highest BCUT2D eigenvalue weighted by molar-refractivity contribution is 6.31. The van der Waals surface area contributed by atoms with Crippen molar-refractivity contribution in [2.24, 2.45) is 0 Å². The summed E-state index contributed by atoms with van der Waals surface area (Å²) in [5.74, 6) is 1.40. The molecule has 2 aliphatic heterocycles. The van der Waals surface area contributed by atoms with Crippen LogP contribution in [0.1, 0.15) is 41.3 Å². The number of carbonyl (C=O) groups is 1. The van der Waals surface area contributed by atoms with E-state index in [1.165, 1.54) is 5.56 Å². The minimum Gasteiger partial charge on any atom is -0.490 e. The summed E-state index contributed by atoms with van der Waals surface area (Å²) in [6.45, 7) is 4.65. The lowest BCUT2D eigenvalue weighted by Gasteiger charge is -2.35. The predicted molar refractivity (Wildman–Crippen MR) is 150 cm³/mol. The van der Waals surface area contributed by atoms with Crippen molar-refractivity contribution in [3.63, 3.8) is 0 Å². The van der Waals surface area contributed by atoms with Gasteiger partial charge in [-0.2, -0.15) is 0 Å². The van der Waals surface area contributed by atoms with E-state index in [0.29, 0.717) is 23.7 Å². The van der Waals surface area contributed by atoms with Gasteiger partial charge in [0.15, 0.2) is 0 Å². The summed E-state index contributed by atoms with van der Waals surface area (Å²) in [6, 6.07) is 21.3. The van der Waals surface area contributed by atoms with Crippen LogP contribution in [0.15, 0.2) is 66.7 Å². The number of aromatic nitrogens is 1. The number of halogens is 1. The third-order valence-corrected chi connectivity index (χ3v) is 7.95. The minimum atomic E-state index is -0.368. The van der Waals surface area contributed by atoms with Crippen molar-refractivity contribution in [3.8, 4) is 11.5 Å². The Morgan fingerprint density at radius 1 is 0.947 bits per heavy atom. The average molecular weight is 530 g/mol. The van der Waals surface area contributed by atoms with E-state index >= 15 is 0 Å². The highest BCUT2D eigenvalue weighted by Gasteiger charge is 2.36. The van der Waals surface area contributed by atoms with Crippen LogP contribution in [0.5, 0.6) is 11.5 Å². The quantitative estimate of drug-likeness (QED) is 0.318. The summed E-state index contributed by atoms with van der Waals surface area (Å²) < 4.78 is 12.1. The van der Waals surface area contributed by atoms with Crippen LogP contribution in [0, 0.1) is 6.92 Å². The number of rotatable bonds is 4. The zero-order valence-corrected chi connectivity index (χ0v) is 22.5. The number of hydrogen-bond acceptors (Lipinski definition) is 4. The van der Waals surface area contributed by atoms with Gasteiger partial charge in [-0.25, -0.2) is 4.79 Å². The number of carbonyl (C=O) groups excluding carboxylic acids is 1. The number of piperidine rings is 1. The lowest BCUT2D eigenvalue weighted by atomic mass is 9.92. The van der Waals surface area contributed by atoms with Gasteiger partial charge in [-0.3, -0.25) is 4.90 Å². The SMILES string of the molecule is Cc1ccc(OC(=O)N2CCc3c([nH]c4ccc(Cl)cc34)C2c2ccc(OC3CCN(C)CC3)cc2)cc1. The molecule has 0 bridgehead atoms. The van der Waals surface area contributed by atoms with Gasteiger partial charge in [-0.15, -0.1) is 0 Å². The highest BCUT2D eigenvalue weighted by Crippen LogP contribution is 2.40. The number of nitrogens with one attached hydrogen (secondary N) is 1. The van der Waals surface area contributed by atoms with Crippen LogP contribution in [0.25, 0.3) is 10.9 Å². The molecule has 1 amide bonds. The molecule has 6 nitrogen and oxygen atoms in total. The second kappa shape index (κ2) is 10.4. The van der Waals surface area contributed by atoms with Crippen LogP contribution in [0.2, 0.25) is 5.02 Å². The molecule has 0 radical (unpaired) electrons. The number of benzene rings is 3. The van der Waals surface area contributed by atoms with Gasteiger partial charge in [0, 0.05) is 41.3 Å². The van der Waals surface area contributed by atoms with Crippen LogP contribution in [-0.4, -0.2) is 53.7 Å². The maximum Gasteiger partial charge on any atom is 0.416 e. The number of hydrogen-bond donors (Lipinski definition) is 1. The monoisotopic (exact) mass is 529 g/mol. The van der Waals surface area contributed by atoms with Crippen LogP contribution in [0.3, 0.4) is 0 Å². The van der Waals surface area contributed by atoms with E-state index in [1.807, 2.05) is 66.4 Å². The molecule has 1 atom stereocenters. The van der Waals surface area contributed by atoms with E-state index in [4.69, 9.17) is 21.1 Å². The van der Waals surface area contributed by atoms with Gasteiger partial charge in [-0.1, -0.05) is 41.4 Å². The predicted octanol–water partition coefficient (Wildman–Crippen LogP) is 6.75. The van der Waals surface area contributed by atoms with E-state index in [1.54, 1.807) is 0 Å². The first-order chi connectivity index (χ1) is 18.4. The summed E-state index contributed by atoms with van der Waals surface area (Å²) >= 11 is 6.34. The van der Waals surface area contributed by atoms with E-state index in [0.717, 1.165) is 59.4 Å². The molecular formula is C31H32ClN3O3. The number of likely N-dealkylation sites (tertiary alicyclic amines) is 1. The Morgan fingerprint density at radius 2 is 1.66 bits per heavy atom. The molecule has 0 spiro atoms. The lowest BCUT2D eigenvalue weighted by Crippen LogP contribution is -2.42. The second-order valence-electron chi connectivity index (χ2n) is 10.4. The van der Waals surface area contributed by atoms with Gasteiger partial charge >= 0.3 is 6.09 Å². The van der Waals surface area contributed by atoms with Crippen molar-refractivity contribution < 1.29 is 14.3 Å². The molecule has 1 N–H and O–H groups in total. The molecule has 3 aromatic carbocycles. The smallest absolute Gasteiger partial charge is 0.416 e. The molecule has 3 heterocycles. The van der Waals surface area contributed by atoms with E-state index in [-0.39, 0.29) is 18.2 Å². The van der Waals surface area contributed by atoms with Gasteiger partial charge in [0.1, 0.15) is 23.6 Å². The van der Waals surface area contributed by atoms with Crippen molar-refractivity contribution in [1.29, 1.82) is 0 Å². The van der Waals surface area contributed by atoms with Gasteiger partial charge in [0.2, 0.25) is 0 Å². The number of aromatic amines is 1. The zero-order chi connectivity index (χ0) is 26.2. The molecule has 1 aromatic heterocycles. The summed E-state index contributed by atoms with van der Waals surface area (Å²) in [4.78, 5) is 21.2. The summed E-state index contributed by atoms with van der Waals surface area (Å²) in [6.07, 6.45) is 2.64. The standard InChI is InChI=1S/C31H32ClN3O3/c1-20-3-8-24(9-4-20)38-31(36)35-18-15-26-27-19-22(32)7-12-28(27)33-29(26)30(35)21-5-10-23(11-6-21)37-25-13-16-34(2)17-14-25/h3-12,19,25,30,33H,13-18H2,1-2H3. The normalized spacial score (nSPS) is 18.4. The number of aryl methyl sites for hydroxylation is 1. The van der Waals surface area contributed by atoms with Gasteiger partial charge in [0.25, 0.3) is 0 Å². The van der Waals surface area contributed by atoms with Gasteiger partial charge < -0.3 is 19.4 Å². The second-order valence-corrected chi connectivity index (χ2v) is 10.9. The molecule has 0 saturated carbocycles. The van der Waals surface area contributed by atoms with Gasteiger partial charge in [-0.05, 0) is 86.8 Å². The van der Waals surface area contributed by atoms with Crippen molar-refractivity contribution in [3.05, 3.63) is 94.1 Å². The molecule has 4 aromatic rings. The van der Waals surface area contributed by atoms with Crippen LogP contribution < -0.4 is 9.47 Å². The number of H-pyrrole nitrogens is 1. The fraction of sp³-hybridized carbons (Fsp3) is 0.323. The highest BCUT2D eigenvalue weighted by atomic mass is 35.5. The Kier molecular flexibility index (Phi) is 6.76. The largest absolute Gasteiger partial charge is 0.490 e. The number of fused-ring (bicyclic) bond motifs is 3. The maximum absolute atomic E-state index is 13.5. The Bertz CT molecular complexity index is 1440. The van der Waals surface area contributed by atoms with Crippen LogP contribution >= 0.6 is 11.6 Å². The Morgan fingerprint density at radius 3 is 2.39 bits per heavy atom. The molecule has 7 heteroatoms. The van der Waals surface area contributed by atoms with Crippen molar-refractivity contribution >= 4 is 28.6 Å². The molecule has 38 heavy (non-hydrogen) atoms. The molecule has 1 unspecified atom stereocenters. The Labute approximate surface area is 228 Å². The molecule has 196 valence electrons. The van der Waals surface area contributed by atoms with E-state index in [2.05, 4.69) is 29.1 Å².